The Morgan fingerprint density at radius 2 is 1.24 bits per heavy atom. The molecule has 2 heterocycles. The van der Waals surface area contributed by atoms with Crippen LogP contribution in [0, 0.1) is 35.5 Å². The Morgan fingerprint density at radius 3 is 1.85 bits per heavy atom. The van der Waals surface area contributed by atoms with E-state index in [4.69, 9.17) is 0 Å². The molecule has 0 spiro atoms. The molecular weight excluding hydrogens is 657 g/mol. The van der Waals surface area contributed by atoms with Crippen molar-refractivity contribution in [2.45, 2.75) is 58.8 Å². The summed E-state index contributed by atoms with van der Waals surface area (Å²) in [6.45, 7) is 13.4. The number of benzene rings is 5. The summed E-state index contributed by atoms with van der Waals surface area (Å²) in [5.74, 6) is -0.506. The highest BCUT2D eigenvalue weighted by Gasteiger charge is 2.40. The van der Waals surface area contributed by atoms with Crippen LogP contribution in [0.15, 0.2) is 115 Å². The lowest BCUT2D eigenvalue weighted by Crippen LogP contribution is -2.18. The van der Waals surface area contributed by atoms with Gasteiger partial charge in [0.05, 0.1) is 34.1 Å². The molecule has 0 N–H and O–H groups in total. The van der Waals surface area contributed by atoms with Crippen LogP contribution in [-0.4, -0.2) is 9.13 Å². The number of nitrogens with zero attached hydrogens (tertiary/aromatic N) is 4. The number of fused-ring (bicyclic) bond motifs is 12. The average Bonchev–Trinajstić information content (AvgIpc) is 3.83. The standard InChI is InChI=1S/C50H40N4/c1-7-14-41-29(2)32-21-23-39-45(35-16-8-11-18-37(35)49(39,3)4)47(32)53(41)43-25-31(28-52)44(26-30(43)27-51)54-42-20-13-10-15-33(42)34-22-24-40-46(48(34)54)36-17-9-12-19-38(36)50(40,5)6/h7-24,26,31H,25H2,1-6H3/b14-7-. The molecular formula is C50H40N4. The number of hydrogen-bond donors (Lipinski definition) is 0. The first-order chi connectivity index (χ1) is 26.1. The number of hydrogen-bond acceptors (Lipinski definition) is 2. The van der Waals surface area contributed by atoms with Crippen LogP contribution >= 0.6 is 0 Å². The third-order valence-corrected chi connectivity index (χ3v) is 12.8. The highest BCUT2D eigenvalue weighted by molar-refractivity contribution is 6.16. The Hall–Kier alpha value is -6.36. The second-order valence-corrected chi connectivity index (χ2v) is 16.2. The van der Waals surface area contributed by atoms with Crippen LogP contribution in [0.3, 0.4) is 0 Å². The van der Waals surface area contributed by atoms with E-state index in [1.54, 1.807) is 0 Å². The number of aromatic nitrogens is 2. The van der Waals surface area contributed by atoms with E-state index in [0.717, 1.165) is 44.4 Å². The van der Waals surface area contributed by atoms with E-state index in [0.29, 0.717) is 12.0 Å². The molecule has 4 heteroatoms. The molecule has 2 aromatic heterocycles. The first kappa shape index (κ1) is 32.3. The van der Waals surface area contributed by atoms with Gasteiger partial charge in [-0.05, 0) is 71.0 Å². The molecule has 3 aliphatic rings. The molecule has 260 valence electrons. The minimum Gasteiger partial charge on any atom is -0.311 e. The molecule has 10 rings (SSSR count). The quantitative estimate of drug-likeness (QED) is 0.185. The number of para-hydroxylation sites is 1. The summed E-state index contributed by atoms with van der Waals surface area (Å²) in [5.41, 5.74) is 17.5. The van der Waals surface area contributed by atoms with E-state index in [1.165, 1.54) is 55.5 Å². The molecule has 1 atom stereocenters. The van der Waals surface area contributed by atoms with Gasteiger partial charge in [-0.25, -0.2) is 0 Å². The molecule has 0 saturated heterocycles. The van der Waals surface area contributed by atoms with Crippen LogP contribution in [0.2, 0.25) is 0 Å². The van der Waals surface area contributed by atoms with Crippen LogP contribution < -0.4 is 0 Å². The molecule has 3 aliphatic carbocycles. The van der Waals surface area contributed by atoms with Gasteiger partial charge in [-0.2, -0.15) is 10.5 Å². The summed E-state index contributed by atoms with van der Waals surface area (Å²) in [7, 11) is 0. The number of aryl methyl sites for hydroxylation is 1. The summed E-state index contributed by atoms with van der Waals surface area (Å²) in [4.78, 5) is 0. The van der Waals surface area contributed by atoms with E-state index >= 15 is 0 Å². The van der Waals surface area contributed by atoms with Crippen molar-refractivity contribution in [2.75, 3.05) is 0 Å². The molecule has 7 aromatic rings. The van der Waals surface area contributed by atoms with E-state index in [2.05, 4.69) is 165 Å². The maximum atomic E-state index is 11.2. The Morgan fingerprint density at radius 1 is 0.667 bits per heavy atom. The molecule has 0 radical (unpaired) electrons. The van der Waals surface area contributed by atoms with Crippen LogP contribution in [0.25, 0.3) is 72.4 Å². The van der Waals surface area contributed by atoms with Crippen molar-refractivity contribution in [3.8, 4) is 34.4 Å². The zero-order valence-corrected chi connectivity index (χ0v) is 31.5. The lowest BCUT2D eigenvalue weighted by molar-refractivity contribution is 0.660. The molecule has 0 fully saturated rings. The molecule has 5 aromatic carbocycles. The van der Waals surface area contributed by atoms with Gasteiger partial charge in [0.15, 0.2) is 0 Å². The second-order valence-electron chi connectivity index (χ2n) is 16.2. The fraction of sp³-hybridized carbons (Fsp3) is 0.200. The van der Waals surface area contributed by atoms with Gasteiger partial charge in [0.1, 0.15) is 6.07 Å². The minimum absolute atomic E-state index is 0.172. The zero-order chi connectivity index (χ0) is 37.3. The fourth-order valence-corrected chi connectivity index (χ4v) is 10.3. The van der Waals surface area contributed by atoms with Crippen molar-refractivity contribution < 1.29 is 0 Å². The zero-order valence-electron chi connectivity index (χ0n) is 31.5. The van der Waals surface area contributed by atoms with Gasteiger partial charge < -0.3 is 9.13 Å². The van der Waals surface area contributed by atoms with Crippen molar-refractivity contribution in [2.24, 2.45) is 5.92 Å². The van der Waals surface area contributed by atoms with E-state index in [9.17, 15) is 10.5 Å². The number of allylic oxidation sites excluding steroid dienone is 5. The molecule has 54 heavy (non-hydrogen) atoms. The minimum atomic E-state index is -0.506. The smallest absolute Gasteiger partial charge is 0.101 e. The third kappa shape index (κ3) is 3.96. The van der Waals surface area contributed by atoms with Gasteiger partial charge in [-0.15, -0.1) is 0 Å². The Balaban J connectivity index is 1.31. The van der Waals surface area contributed by atoms with Gasteiger partial charge in [0, 0.05) is 61.6 Å². The average molecular weight is 697 g/mol. The SMILES string of the molecule is C/C=C\c1c(C)c2ccc3c(c2n1C1=C(C#N)C=C(n2c4ccccc4c4ccc5c(c42)-c2ccccc2C5(C)C)C(C#N)C1)-c1ccccc1C3(C)C. The van der Waals surface area contributed by atoms with Crippen molar-refractivity contribution >= 4 is 50.2 Å². The van der Waals surface area contributed by atoms with Gasteiger partial charge in [-0.1, -0.05) is 125 Å². The van der Waals surface area contributed by atoms with Crippen LogP contribution in [0.5, 0.6) is 0 Å². The highest BCUT2D eigenvalue weighted by Crippen LogP contribution is 2.55. The van der Waals surface area contributed by atoms with E-state index in [-0.39, 0.29) is 10.8 Å². The topological polar surface area (TPSA) is 57.4 Å². The number of rotatable bonds is 3. The van der Waals surface area contributed by atoms with Crippen molar-refractivity contribution in [1.82, 2.24) is 9.13 Å². The van der Waals surface area contributed by atoms with Crippen LogP contribution in [-0.2, 0) is 10.8 Å². The van der Waals surface area contributed by atoms with Crippen LogP contribution in [0.4, 0.5) is 0 Å². The predicted molar refractivity (Wildman–Crippen MR) is 223 cm³/mol. The van der Waals surface area contributed by atoms with Gasteiger partial charge in [-0.3, -0.25) is 0 Å². The first-order valence-corrected chi connectivity index (χ1v) is 19.0. The van der Waals surface area contributed by atoms with Gasteiger partial charge >= 0.3 is 0 Å². The summed E-state index contributed by atoms with van der Waals surface area (Å²) < 4.78 is 4.63. The molecule has 4 nitrogen and oxygen atoms in total. The van der Waals surface area contributed by atoms with Gasteiger partial charge in [0.25, 0.3) is 0 Å². The normalized spacial score (nSPS) is 17.8. The Kier molecular flexibility index (Phi) is 6.63. The Labute approximate surface area is 316 Å². The van der Waals surface area contributed by atoms with E-state index < -0.39 is 5.92 Å². The molecule has 0 aliphatic heterocycles. The fourth-order valence-electron chi connectivity index (χ4n) is 10.3. The lowest BCUT2D eigenvalue weighted by atomic mass is 9.82. The highest BCUT2D eigenvalue weighted by atomic mass is 15.0. The molecule has 0 bridgehead atoms. The van der Waals surface area contributed by atoms with Crippen molar-refractivity contribution in [3.63, 3.8) is 0 Å². The maximum Gasteiger partial charge on any atom is 0.101 e. The van der Waals surface area contributed by atoms with Crippen LogP contribution in [0.1, 0.15) is 74.6 Å². The molecule has 1 unspecified atom stereocenters. The molecule has 0 saturated carbocycles. The summed E-state index contributed by atoms with van der Waals surface area (Å²) in [6, 6.07) is 40.5. The Bertz CT molecular complexity index is 3010. The first-order valence-electron chi connectivity index (χ1n) is 19.0. The second kappa shape index (κ2) is 11.1. The van der Waals surface area contributed by atoms with E-state index in [1.807, 2.05) is 13.0 Å². The maximum absolute atomic E-state index is 11.2. The lowest BCUT2D eigenvalue weighted by Gasteiger charge is -2.27. The summed E-state index contributed by atoms with van der Waals surface area (Å²) >= 11 is 0. The van der Waals surface area contributed by atoms with Crippen molar-refractivity contribution in [1.29, 1.82) is 10.5 Å². The number of nitriles is 2. The monoisotopic (exact) mass is 696 g/mol. The predicted octanol–water partition coefficient (Wildman–Crippen LogP) is 12.5. The molecule has 0 amide bonds. The van der Waals surface area contributed by atoms with Gasteiger partial charge in [0.2, 0.25) is 0 Å². The third-order valence-electron chi connectivity index (χ3n) is 12.8. The summed E-state index contributed by atoms with van der Waals surface area (Å²) in [6.07, 6.45) is 6.66. The largest absolute Gasteiger partial charge is 0.311 e. The summed E-state index contributed by atoms with van der Waals surface area (Å²) in [5, 5.41) is 25.8. The van der Waals surface area contributed by atoms with Crippen molar-refractivity contribution in [3.05, 3.63) is 148 Å².